The van der Waals surface area contributed by atoms with E-state index in [-0.39, 0.29) is 18.4 Å². The first-order chi connectivity index (χ1) is 7.65. The van der Waals surface area contributed by atoms with Crippen molar-refractivity contribution >= 4 is 11.9 Å². The quantitative estimate of drug-likeness (QED) is 0.717. The van der Waals surface area contributed by atoms with Gasteiger partial charge in [-0.1, -0.05) is 18.2 Å². The van der Waals surface area contributed by atoms with E-state index >= 15 is 0 Å². The van der Waals surface area contributed by atoms with Crippen LogP contribution in [0.25, 0.3) is 0 Å². The monoisotopic (exact) mass is 223 g/mol. The van der Waals surface area contributed by atoms with Crippen LogP contribution >= 0.6 is 0 Å². The normalized spacial score (nSPS) is 19.1. The molecule has 16 heavy (non-hydrogen) atoms. The first kappa shape index (κ1) is 12.5. The highest BCUT2D eigenvalue weighted by molar-refractivity contribution is 5.83. The van der Waals surface area contributed by atoms with Gasteiger partial charge in [0.25, 0.3) is 0 Å². The molecule has 1 N–H and O–H groups in total. The van der Waals surface area contributed by atoms with Crippen LogP contribution in [-0.2, 0) is 9.59 Å². The van der Waals surface area contributed by atoms with Crippen molar-refractivity contribution in [1.82, 2.24) is 4.90 Å². The molecule has 0 radical (unpaired) electrons. The molecule has 1 unspecified atom stereocenters. The van der Waals surface area contributed by atoms with Gasteiger partial charge in [0.2, 0.25) is 5.91 Å². The summed E-state index contributed by atoms with van der Waals surface area (Å²) < 4.78 is 0. The molecule has 0 spiro atoms. The van der Waals surface area contributed by atoms with Crippen LogP contribution in [-0.4, -0.2) is 35.0 Å². The molecule has 1 atom stereocenters. The summed E-state index contributed by atoms with van der Waals surface area (Å²) in [7, 11) is 0. The topological polar surface area (TPSA) is 57.6 Å². The molecule has 0 saturated heterocycles. The highest BCUT2D eigenvalue weighted by atomic mass is 16.4. The van der Waals surface area contributed by atoms with Gasteiger partial charge in [-0.2, -0.15) is 0 Å². The fourth-order valence-electron chi connectivity index (χ4n) is 1.83. The van der Waals surface area contributed by atoms with Gasteiger partial charge in [0.1, 0.15) is 6.54 Å². The predicted molar refractivity (Wildman–Crippen MR) is 60.9 cm³/mol. The summed E-state index contributed by atoms with van der Waals surface area (Å²) in [6.45, 7) is 3.59. The number of allylic oxidation sites excluding steroid dienone is 2. The van der Waals surface area contributed by atoms with Crippen molar-refractivity contribution in [3.8, 4) is 0 Å². The lowest BCUT2D eigenvalue weighted by Crippen LogP contribution is -2.40. The number of carboxylic acids is 1. The van der Waals surface area contributed by atoms with Crippen LogP contribution < -0.4 is 0 Å². The molecule has 1 amide bonds. The number of aliphatic carboxylic acids is 1. The number of nitrogens with zero attached hydrogens (tertiary/aromatic N) is 1. The Morgan fingerprint density at radius 1 is 1.50 bits per heavy atom. The molecule has 0 aromatic carbocycles. The van der Waals surface area contributed by atoms with Gasteiger partial charge in [0, 0.05) is 12.5 Å². The van der Waals surface area contributed by atoms with E-state index in [1.807, 2.05) is 6.08 Å². The maximum atomic E-state index is 12.0. The molecular formula is C12H17NO3. The largest absolute Gasteiger partial charge is 0.480 e. The zero-order chi connectivity index (χ0) is 12.0. The van der Waals surface area contributed by atoms with Gasteiger partial charge in [0.05, 0.1) is 0 Å². The van der Waals surface area contributed by atoms with E-state index in [1.54, 1.807) is 6.08 Å². The average Bonchev–Trinajstić information content (AvgIpc) is 2.28. The third-order valence-corrected chi connectivity index (χ3v) is 2.61. The molecule has 1 rings (SSSR count). The summed E-state index contributed by atoms with van der Waals surface area (Å²) in [5.74, 6) is -1.13. The average molecular weight is 223 g/mol. The van der Waals surface area contributed by atoms with Crippen LogP contribution in [0, 0.1) is 5.92 Å². The van der Waals surface area contributed by atoms with Gasteiger partial charge in [-0.3, -0.25) is 9.59 Å². The van der Waals surface area contributed by atoms with E-state index in [9.17, 15) is 9.59 Å². The summed E-state index contributed by atoms with van der Waals surface area (Å²) in [6, 6.07) is 0. The van der Waals surface area contributed by atoms with Gasteiger partial charge < -0.3 is 10.0 Å². The van der Waals surface area contributed by atoms with Gasteiger partial charge >= 0.3 is 5.97 Å². The molecule has 0 aliphatic heterocycles. The molecule has 4 heteroatoms. The Labute approximate surface area is 95.2 Å². The second kappa shape index (κ2) is 6.10. The Morgan fingerprint density at radius 2 is 2.25 bits per heavy atom. The Kier molecular flexibility index (Phi) is 4.76. The minimum absolute atomic E-state index is 0.0655. The van der Waals surface area contributed by atoms with Crippen LogP contribution in [0.1, 0.15) is 19.3 Å². The molecule has 0 aromatic heterocycles. The molecule has 0 bridgehead atoms. The minimum Gasteiger partial charge on any atom is -0.480 e. The molecule has 0 heterocycles. The molecule has 88 valence electrons. The van der Waals surface area contributed by atoms with Crippen molar-refractivity contribution in [3.05, 3.63) is 24.8 Å². The van der Waals surface area contributed by atoms with Gasteiger partial charge in [0.15, 0.2) is 0 Å². The number of carboxylic acid groups (broad SMARTS) is 1. The van der Waals surface area contributed by atoms with Gasteiger partial charge in [-0.05, 0) is 19.3 Å². The van der Waals surface area contributed by atoms with Crippen molar-refractivity contribution in [2.24, 2.45) is 5.92 Å². The van der Waals surface area contributed by atoms with Crippen molar-refractivity contribution < 1.29 is 14.7 Å². The predicted octanol–water partition coefficient (Wildman–Crippen LogP) is 1.44. The van der Waals surface area contributed by atoms with Crippen LogP contribution in [0.2, 0.25) is 0 Å². The summed E-state index contributed by atoms with van der Waals surface area (Å²) >= 11 is 0. The second-order valence-electron chi connectivity index (χ2n) is 3.88. The molecule has 0 saturated carbocycles. The fraction of sp³-hybridized carbons (Fsp3) is 0.500. The summed E-state index contributed by atoms with van der Waals surface area (Å²) in [5.41, 5.74) is 0. The number of amides is 1. The third kappa shape index (κ3) is 3.53. The molecule has 4 nitrogen and oxygen atoms in total. The lowest BCUT2D eigenvalue weighted by molar-refractivity contribution is -0.146. The summed E-state index contributed by atoms with van der Waals surface area (Å²) in [5, 5.41) is 8.72. The van der Waals surface area contributed by atoms with Crippen molar-refractivity contribution in [2.75, 3.05) is 13.1 Å². The summed E-state index contributed by atoms with van der Waals surface area (Å²) in [4.78, 5) is 24.0. The van der Waals surface area contributed by atoms with E-state index in [0.29, 0.717) is 13.0 Å². The zero-order valence-electron chi connectivity index (χ0n) is 9.26. The van der Waals surface area contributed by atoms with Crippen LogP contribution in [0.5, 0.6) is 0 Å². The third-order valence-electron chi connectivity index (χ3n) is 2.61. The Balaban J connectivity index is 2.61. The Bertz CT molecular complexity index is 309. The number of rotatable bonds is 5. The molecule has 0 aromatic rings. The molecule has 0 fully saturated rings. The number of carbonyl (C=O) groups is 2. The SMILES string of the molecule is C=CCN(CC(=O)O)C(=O)C1CC=CCC1. The van der Waals surface area contributed by atoms with E-state index in [0.717, 1.165) is 12.8 Å². The Morgan fingerprint density at radius 3 is 2.75 bits per heavy atom. The Hall–Kier alpha value is -1.58. The van der Waals surface area contributed by atoms with E-state index in [4.69, 9.17) is 5.11 Å². The van der Waals surface area contributed by atoms with Crippen LogP contribution in [0.15, 0.2) is 24.8 Å². The lowest BCUT2D eigenvalue weighted by Gasteiger charge is -2.25. The first-order valence-electron chi connectivity index (χ1n) is 5.41. The number of hydrogen-bond acceptors (Lipinski definition) is 2. The second-order valence-corrected chi connectivity index (χ2v) is 3.88. The zero-order valence-corrected chi connectivity index (χ0v) is 9.26. The standard InChI is InChI=1S/C12H17NO3/c1-2-8-13(9-11(14)15)12(16)10-6-4-3-5-7-10/h2-4,10H,1,5-9H2,(H,14,15). The number of carbonyl (C=O) groups excluding carboxylic acids is 1. The first-order valence-corrected chi connectivity index (χ1v) is 5.41. The van der Waals surface area contributed by atoms with Crippen molar-refractivity contribution in [2.45, 2.75) is 19.3 Å². The molecule has 1 aliphatic carbocycles. The van der Waals surface area contributed by atoms with Gasteiger partial charge in [-0.15, -0.1) is 6.58 Å². The smallest absolute Gasteiger partial charge is 0.323 e. The molecule has 1 aliphatic rings. The fourth-order valence-corrected chi connectivity index (χ4v) is 1.83. The minimum atomic E-state index is -0.985. The van der Waals surface area contributed by atoms with Crippen molar-refractivity contribution in [3.63, 3.8) is 0 Å². The van der Waals surface area contributed by atoms with Gasteiger partial charge in [-0.25, -0.2) is 0 Å². The van der Waals surface area contributed by atoms with Crippen LogP contribution in [0.3, 0.4) is 0 Å². The summed E-state index contributed by atoms with van der Waals surface area (Å²) in [6.07, 6.45) is 8.01. The van der Waals surface area contributed by atoms with Crippen molar-refractivity contribution in [1.29, 1.82) is 0 Å². The van der Waals surface area contributed by atoms with E-state index in [2.05, 4.69) is 12.7 Å². The molecular weight excluding hydrogens is 206 g/mol. The van der Waals surface area contributed by atoms with E-state index in [1.165, 1.54) is 4.90 Å². The maximum Gasteiger partial charge on any atom is 0.323 e. The highest BCUT2D eigenvalue weighted by Gasteiger charge is 2.24. The van der Waals surface area contributed by atoms with Crippen LogP contribution in [0.4, 0.5) is 0 Å². The maximum absolute atomic E-state index is 12.0. The number of hydrogen-bond donors (Lipinski definition) is 1. The highest BCUT2D eigenvalue weighted by Crippen LogP contribution is 2.20. The van der Waals surface area contributed by atoms with E-state index < -0.39 is 5.97 Å². The lowest BCUT2D eigenvalue weighted by atomic mass is 9.93.